The second kappa shape index (κ2) is 6.39. The molecule has 3 nitrogen and oxygen atoms in total. The van der Waals surface area contributed by atoms with E-state index in [9.17, 15) is 4.79 Å². The zero-order chi connectivity index (χ0) is 14.7. The average molecular weight is 309 g/mol. The van der Waals surface area contributed by atoms with Crippen molar-refractivity contribution >= 4 is 28.8 Å². The normalized spacial score (nSPS) is 13.8. The van der Waals surface area contributed by atoms with Crippen molar-refractivity contribution in [3.05, 3.63) is 46.3 Å². The first-order valence-corrected chi connectivity index (χ1v) is 7.58. The number of benzene rings is 1. The molecule has 2 atom stereocenters. The largest absolute Gasteiger partial charge is 0.347 e. The lowest BCUT2D eigenvalue weighted by Gasteiger charge is -2.13. The van der Waals surface area contributed by atoms with Crippen LogP contribution in [0.15, 0.2) is 36.4 Å². The van der Waals surface area contributed by atoms with Gasteiger partial charge in [0.15, 0.2) is 0 Å². The number of halogens is 1. The molecule has 1 unspecified atom stereocenters. The monoisotopic (exact) mass is 308 g/mol. The smallest absolute Gasteiger partial charge is 0.237 e. The van der Waals surface area contributed by atoms with Crippen LogP contribution in [0.2, 0.25) is 5.02 Å². The Morgan fingerprint density at radius 2 is 1.85 bits per heavy atom. The van der Waals surface area contributed by atoms with E-state index < -0.39 is 6.04 Å². The van der Waals surface area contributed by atoms with Crippen molar-refractivity contribution in [2.24, 2.45) is 5.73 Å². The number of carbonyl (C=O) groups excluding carboxylic acids is 1. The minimum Gasteiger partial charge on any atom is -0.347 e. The van der Waals surface area contributed by atoms with Gasteiger partial charge in [-0.25, -0.2) is 0 Å². The lowest BCUT2D eigenvalue weighted by molar-refractivity contribution is -0.122. The molecule has 0 saturated heterocycles. The molecule has 0 aliphatic carbocycles. The van der Waals surface area contributed by atoms with Crippen LogP contribution >= 0.6 is 22.9 Å². The van der Waals surface area contributed by atoms with Gasteiger partial charge >= 0.3 is 0 Å². The highest BCUT2D eigenvalue weighted by molar-refractivity contribution is 7.15. The Morgan fingerprint density at radius 3 is 2.45 bits per heavy atom. The SMILES string of the molecule is CC(NC(=O)[C@@H](C)N)c1ccc(-c2ccc(Cl)cc2)s1. The number of hydrogen-bond donors (Lipinski definition) is 2. The summed E-state index contributed by atoms with van der Waals surface area (Å²) in [4.78, 5) is 13.8. The number of hydrogen-bond acceptors (Lipinski definition) is 3. The fraction of sp³-hybridized carbons (Fsp3) is 0.267. The molecule has 1 amide bonds. The summed E-state index contributed by atoms with van der Waals surface area (Å²) in [6, 6.07) is 11.3. The van der Waals surface area contributed by atoms with Gasteiger partial charge in [0.1, 0.15) is 0 Å². The molecular weight excluding hydrogens is 292 g/mol. The minimum absolute atomic E-state index is 0.0421. The fourth-order valence-corrected chi connectivity index (χ4v) is 2.91. The molecule has 0 saturated carbocycles. The molecule has 0 fully saturated rings. The van der Waals surface area contributed by atoms with E-state index in [1.165, 1.54) is 0 Å². The lowest BCUT2D eigenvalue weighted by atomic mass is 10.2. The Labute approximate surface area is 127 Å². The van der Waals surface area contributed by atoms with Crippen LogP contribution in [0, 0.1) is 0 Å². The Kier molecular flexibility index (Phi) is 4.81. The molecule has 2 aromatic rings. The van der Waals surface area contributed by atoms with Gasteiger partial charge in [-0.15, -0.1) is 11.3 Å². The highest BCUT2D eigenvalue weighted by Gasteiger charge is 2.14. The van der Waals surface area contributed by atoms with Crippen molar-refractivity contribution in [1.82, 2.24) is 5.32 Å². The van der Waals surface area contributed by atoms with Crippen LogP contribution in [0.5, 0.6) is 0 Å². The number of thiophene rings is 1. The molecule has 106 valence electrons. The molecule has 20 heavy (non-hydrogen) atoms. The summed E-state index contributed by atoms with van der Waals surface area (Å²) in [5, 5.41) is 3.62. The van der Waals surface area contributed by atoms with E-state index >= 15 is 0 Å². The molecule has 0 aliphatic rings. The maximum atomic E-state index is 11.6. The molecule has 0 radical (unpaired) electrons. The van der Waals surface area contributed by atoms with Crippen LogP contribution in [-0.4, -0.2) is 11.9 Å². The Bertz CT molecular complexity index is 592. The summed E-state index contributed by atoms with van der Waals surface area (Å²) in [5.74, 6) is -0.140. The molecule has 5 heteroatoms. The lowest BCUT2D eigenvalue weighted by Crippen LogP contribution is -2.39. The molecular formula is C15H17ClN2OS. The van der Waals surface area contributed by atoms with Crippen LogP contribution in [-0.2, 0) is 4.79 Å². The third-order valence-corrected chi connectivity index (χ3v) is 4.52. The van der Waals surface area contributed by atoms with Crippen LogP contribution < -0.4 is 11.1 Å². The molecule has 3 N–H and O–H groups in total. The van der Waals surface area contributed by atoms with E-state index in [4.69, 9.17) is 17.3 Å². The number of nitrogens with two attached hydrogens (primary N) is 1. The first kappa shape index (κ1) is 15.0. The van der Waals surface area contributed by atoms with Crippen molar-refractivity contribution in [3.8, 4) is 10.4 Å². The van der Waals surface area contributed by atoms with Crippen LogP contribution in [0.25, 0.3) is 10.4 Å². The third-order valence-electron chi connectivity index (χ3n) is 2.95. The maximum Gasteiger partial charge on any atom is 0.237 e. The summed E-state index contributed by atoms with van der Waals surface area (Å²) >= 11 is 7.54. The van der Waals surface area contributed by atoms with E-state index in [1.54, 1.807) is 18.3 Å². The van der Waals surface area contributed by atoms with Crippen LogP contribution in [0.3, 0.4) is 0 Å². The quantitative estimate of drug-likeness (QED) is 0.907. The van der Waals surface area contributed by atoms with Gasteiger partial charge < -0.3 is 11.1 Å². The van der Waals surface area contributed by atoms with Crippen molar-refractivity contribution in [2.75, 3.05) is 0 Å². The molecule has 0 spiro atoms. The zero-order valence-electron chi connectivity index (χ0n) is 11.4. The second-order valence-corrected chi connectivity index (χ2v) is 6.28. The van der Waals surface area contributed by atoms with E-state index in [1.807, 2.05) is 37.3 Å². The van der Waals surface area contributed by atoms with Gasteiger partial charge in [-0.2, -0.15) is 0 Å². The van der Waals surface area contributed by atoms with Crippen molar-refractivity contribution in [1.29, 1.82) is 0 Å². The number of nitrogens with one attached hydrogen (secondary N) is 1. The third kappa shape index (κ3) is 3.60. The molecule has 0 bridgehead atoms. The second-order valence-electron chi connectivity index (χ2n) is 4.73. The molecule has 1 aromatic heterocycles. The van der Waals surface area contributed by atoms with Gasteiger partial charge in [-0.1, -0.05) is 23.7 Å². The zero-order valence-corrected chi connectivity index (χ0v) is 13.0. The molecule has 0 aliphatic heterocycles. The average Bonchev–Trinajstić information content (AvgIpc) is 2.89. The van der Waals surface area contributed by atoms with Gasteiger partial charge in [0.05, 0.1) is 12.1 Å². The van der Waals surface area contributed by atoms with Gasteiger partial charge in [0.2, 0.25) is 5.91 Å². The van der Waals surface area contributed by atoms with Gasteiger partial charge in [0.25, 0.3) is 0 Å². The fourth-order valence-electron chi connectivity index (χ4n) is 1.77. The van der Waals surface area contributed by atoms with E-state index in [2.05, 4.69) is 11.4 Å². The maximum absolute atomic E-state index is 11.6. The molecule has 1 heterocycles. The van der Waals surface area contributed by atoms with Crippen LogP contribution in [0.1, 0.15) is 24.8 Å². The highest BCUT2D eigenvalue weighted by atomic mass is 35.5. The topological polar surface area (TPSA) is 55.1 Å². The summed E-state index contributed by atoms with van der Waals surface area (Å²) in [5.41, 5.74) is 6.67. The standard InChI is InChI=1S/C15H17ClN2OS/c1-9(17)15(19)18-10(2)13-7-8-14(20-13)11-3-5-12(16)6-4-11/h3-10H,17H2,1-2H3,(H,18,19)/t9-,10?/m1/s1. The van der Waals surface area contributed by atoms with Gasteiger partial charge in [-0.3, -0.25) is 4.79 Å². The van der Waals surface area contributed by atoms with E-state index in [0.29, 0.717) is 0 Å². The Hall–Kier alpha value is -1.36. The summed E-state index contributed by atoms with van der Waals surface area (Å²) in [6.45, 7) is 3.63. The minimum atomic E-state index is -0.492. The number of carbonyl (C=O) groups is 1. The van der Waals surface area contributed by atoms with Gasteiger partial charge in [-0.05, 0) is 43.7 Å². The highest BCUT2D eigenvalue weighted by Crippen LogP contribution is 2.31. The van der Waals surface area contributed by atoms with Crippen LogP contribution in [0.4, 0.5) is 0 Å². The number of rotatable bonds is 4. The number of amides is 1. The summed E-state index contributed by atoms with van der Waals surface area (Å²) in [6.07, 6.45) is 0. The van der Waals surface area contributed by atoms with Crippen molar-refractivity contribution in [2.45, 2.75) is 25.9 Å². The predicted octanol–water partition coefficient (Wildman–Crippen LogP) is 3.59. The van der Waals surface area contributed by atoms with Crippen molar-refractivity contribution in [3.63, 3.8) is 0 Å². The summed E-state index contributed by atoms with van der Waals surface area (Å²) < 4.78 is 0. The predicted molar refractivity (Wildman–Crippen MR) is 85.0 cm³/mol. The molecule has 2 rings (SSSR count). The summed E-state index contributed by atoms with van der Waals surface area (Å²) in [7, 11) is 0. The van der Waals surface area contributed by atoms with E-state index in [-0.39, 0.29) is 11.9 Å². The first-order valence-electron chi connectivity index (χ1n) is 6.39. The Balaban J connectivity index is 2.12. The molecule has 1 aromatic carbocycles. The van der Waals surface area contributed by atoms with Crippen molar-refractivity contribution < 1.29 is 4.79 Å². The van der Waals surface area contributed by atoms with Gasteiger partial charge in [0, 0.05) is 14.8 Å². The Morgan fingerprint density at radius 1 is 1.20 bits per heavy atom. The first-order chi connectivity index (χ1) is 9.47. The van der Waals surface area contributed by atoms with E-state index in [0.717, 1.165) is 20.3 Å².